The van der Waals surface area contributed by atoms with Gasteiger partial charge in [-0.25, -0.2) is 0 Å². The summed E-state index contributed by atoms with van der Waals surface area (Å²) in [6, 6.07) is 9.75. The van der Waals surface area contributed by atoms with Gasteiger partial charge in [-0.05, 0) is 25.5 Å². The first kappa shape index (κ1) is 13.5. The van der Waals surface area contributed by atoms with Gasteiger partial charge in [0, 0.05) is 18.1 Å². The maximum Gasteiger partial charge on any atom is 0.245 e. The molecule has 1 aromatic heterocycles. The minimum absolute atomic E-state index is 0.0560. The van der Waals surface area contributed by atoms with Crippen LogP contribution in [0.2, 0.25) is 0 Å². The smallest absolute Gasteiger partial charge is 0.245 e. The molecule has 1 N–H and O–H groups in total. The topological polar surface area (TPSA) is 62.3 Å². The molecule has 2 heterocycles. The summed E-state index contributed by atoms with van der Waals surface area (Å²) >= 11 is 0. The highest BCUT2D eigenvalue weighted by Crippen LogP contribution is 2.24. The predicted octanol–water partition coefficient (Wildman–Crippen LogP) is 1.47. The summed E-state index contributed by atoms with van der Waals surface area (Å²) in [7, 11) is 0. The first-order valence-electron chi connectivity index (χ1n) is 6.91. The number of carbonyl (C=O) groups is 2. The highest BCUT2D eigenvalue weighted by Gasteiger charge is 2.41. The molecule has 0 saturated carbocycles. The fourth-order valence-corrected chi connectivity index (χ4v) is 2.65. The third-order valence-electron chi connectivity index (χ3n) is 3.98. The van der Waals surface area contributed by atoms with Gasteiger partial charge >= 0.3 is 0 Å². The lowest BCUT2D eigenvalue weighted by atomic mass is 9.97. The molecule has 108 valence electrons. The minimum Gasteiger partial charge on any atom is -0.345 e. The first-order chi connectivity index (χ1) is 10.00. The van der Waals surface area contributed by atoms with E-state index in [2.05, 4.69) is 10.3 Å². The molecular formula is C16H17N3O2. The van der Waals surface area contributed by atoms with E-state index in [1.165, 1.54) is 0 Å². The Morgan fingerprint density at radius 3 is 2.81 bits per heavy atom. The van der Waals surface area contributed by atoms with E-state index < -0.39 is 5.54 Å². The van der Waals surface area contributed by atoms with Gasteiger partial charge in [-0.1, -0.05) is 24.3 Å². The van der Waals surface area contributed by atoms with Crippen LogP contribution in [-0.2, 0) is 16.1 Å². The van der Waals surface area contributed by atoms with Gasteiger partial charge in [0.2, 0.25) is 11.8 Å². The molecule has 2 aromatic rings. The second kappa shape index (κ2) is 4.84. The van der Waals surface area contributed by atoms with Crippen LogP contribution in [0, 0.1) is 0 Å². The summed E-state index contributed by atoms with van der Waals surface area (Å²) in [6.45, 7) is 3.96. The standard InChI is InChI=1S/C16H17N3O2/c1-16(2)15(21)18-9-13(20)19(16)10-12-6-3-5-11-7-4-8-17-14(11)12/h3-8H,9-10H2,1-2H3,(H,18,21). The van der Waals surface area contributed by atoms with E-state index in [1.54, 1.807) is 24.9 Å². The van der Waals surface area contributed by atoms with Crippen LogP contribution in [0.4, 0.5) is 0 Å². The fraction of sp³-hybridized carbons (Fsp3) is 0.312. The van der Waals surface area contributed by atoms with Crippen molar-refractivity contribution in [2.45, 2.75) is 25.9 Å². The Morgan fingerprint density at radius 2 is 2.00 bits per heavy atom. The quantitative estimate of drug-likeness (QED) is 0.908. The fourth-order valence-electron chi connectivity index (χ4n) is 2.65. The van der Waals surface area contributed by atoms with Crippen LogP contribution in [0.3, 0.4) is 0 Å². The summed E-state index contributed by atoms with van der Waals surface area (Å²) < 4.78 is 0. The van der Waals surface area contributed by atoms with E-state index in [0.29, 0.717) is 6.54 Å². The lowest BCUT2D eigenvalue weighted by molar-refractivity contribution is -0.152. The van der Waals surface area contributed by atoms with Crippen LogP contribution in [0.5, 0.6) is 0 Å². The van der Waals surface area contributed by atoms with Crippen LogP contribution < -0.4 is 5.32 Å². The number of aromatic nitrogens is 1. The highest BCUT2D eigenvalue weighted by atomic mass is 16.2. The molecule has 1 aromatic carbocycles. The number of pyridine rings is 1. The predicted molar refractivity (Wildman–Crippen MR) is 79.4 cm³/mol. The van der Waals surface area contributed by atoms with E-state index in [0.717, 1.165) is 16.5 Å². The summed E-state index contributed by atoms with van der Waals surface area (Å²) in [4.78, 5) is 30.2. The largest absolute Gasteiger partial charge is 0.345 e. The van der Waals surface area contributed by atoms with Gasteiger partial charge in [0.05, 0.1) is 12.1 Å². The van der Waals surface area contributed by atoms with E-state index >= 15 is 0 Å². The van der Waals surface area contributed by atoms with E-state index in [9.17, 15) is 9.59 Å². The number of piperazine rings is 1. The maximum absolute atomic E-state index is 12.2. The molecule has 1 aliphatic heterocycles. The van der Waals surface area contributed by atoms with Crippen LogP contribution in [0.1, 0.15) is 19.4 Å². The third kappa shape index (κ3) is 2.24. The lowest BCUT2D eigenvalue weighted by Crippen LogP contribution is -2.63. The Morgan fingerprint density at radius 1 is 1.24 bits per heavy atom. The Labute approximate surface area is 123 Å². The van der Waals surface area contributed by atoms with Crippen LogP contribution in [-0.4, -0.2) is 33.8 Å². The van der Waals surface area contributed by atoms with Crippen molar-refractivity contribution in [2.75, 3.05) is 6.54 Å². The molecule has 0 unspecified atom stereocenters. The second-order valence-corrected chi connectivity index (χ2v) is 5.71. The number of hydrogen-bond acceptors (Lipinski definition) is 3. The van der Waals surface area contributed by atoms with E-state index in [1.807, 2.05) is 30.3 Å². The molecule has 5 heteroatoms. The van der Waals surface area contributed by atoms with Crippen molar-refractivity contribution < 1.29 is 9.59 Å². The van der Waals surface area contributed by atoms with Crippen LogP contribution in [0.25, 0.3) is 10.9 Å². The Hall–Kier alpha value is -2.43. The molecular weight excluding hydrogens is 266 g/mol. The molecule has 1 aliphatic rings. The molecule has 2 amide bonds. The molecule has 0 atom stereocenters. The van der Waals surface area contributed by atoms with E-state index in [-0.39, 0.29) is 18.4 Å². The summed E-state index contributed by atoms with van der Waals surface area (Å²) in [5.41, 5.74) is 0.963. The third-order valence-corrected chi connectivity index (χ3v) is 3.98. The Balaban J connectivity index is 2.01. The zero-order valence-corrected chi connectivity index (χ0v) is 12.1. The zero-order valence-electron chi connectivity index (χ0n) is 12.1. The number of nitrogens with one attached hydrogen (secondary N) is 1. The number of hydrogen-bond donors (Lipinski definition) is 1. The molecule has 3 rings (SSSR count). The molecule has 21 heavy (non-hydrogen) atoms. The van der Waals surface area contributed by atoms with E-state index in [4.69, 9.17) is 0 Å². The van der Waals surface area contributed by atoms with Crippen molar-refractivity contribution in [3.05, 3.63) is 42.1 Å². The molecule has 0 spiro atoms. The molecule has 0 bridgehead atoms. The zero-order chi connectivity index (χ0) is 15.0. The number of fused-ring (bicyclic) bond motifs is 1. The number of para-hydroxylation sites is 1. The van der Waals surface area contributed by atoms with Gasteiger partial charge < -0.3 is 10.2 Å². The van der Waals surface area contributed by atoms with Crippen LogP contribution >= 0.6 is 0 Å². The Bertz CT molecular complexity index is 719. The normalized spacial score (nSPS) is 17.9. The maximum atomic E-state index is 12.2. The summed E-state index contributed by atoms with van der Waals surface area (Å²) in [5.74, 6) is -0.206. The molecule has 0 aliphatic carbocycles. The van der Waals surface area contributed by atoms with Crippen molar-refractivity contribution in [3.8, 4) is 0 Å². The van der Waals surface area contributed by atoms with Crippen LogP contribution in [0.15, 0.2) is 36.5 Å². The Kier molecular flexibility index (Phi) is 3.12. The second-order valence-electron chi connectivity index (χ2n) is 5.71. The summed E-state index contributed by atoms with van der Waals surface area (Å²) in [5, 5.41) is 3.66. The van der Waals surface area contributed by atoms with Crippen molar-refractivity contribution in [2.24, 2.45) is 0 Å². The van der Waals surface area contributed by atoms with Gasteiger partial charge in [0.25, 0.3) is 0 Å². The van der Waals surface area contributed by atoms with Crippen molar-refractivity contribution >= 4 is 22.7 Å². The number of nitrogens with zero attached hydrogens (tertiary/aromatic N) is 2. The van der Waals surface area contributed by atoms with Gasteiger partial charge in [0.15, 0.2) is 0 Å². The number of amides is 2. The first-order valence-corrected chi connectivity index (χ1v) is 6.91. The number of benzene rings is 1. The molecule has 1 fully saturated rings. The van der Waals surface area contributed by atoms with Gasteiger partial charge in [-0.15, -0.1) is 0 Å². The van der Waals surface area contributed by atoms with Gasteiger partial charge in [0.1, 0.15) is 5.54 Å². The number of carbonyl (C=O) groups excluding carboxylic acids is 2. The molecule has 1 saturated heterocycles. The highest BCUT2D eigenvalue weighted by molar-refractivity contribution is 5.97. The lowest BCUT2D eigenvalue weighted by Gasteiger charge is -2.41. The molecule has 5 nitrogen and oxygen atoms in total. The van der Waals surface area contributed by atoms with Gasteiger partial charge in [-0.2, -0.15) is 0 Å². The van der Waals surface area contributed by atoms with Crippen molar-refractivity contribution in [1.82, 2.24) is 15.2 Å². The SMILES string of the molecule is CC1(C)C(=O)NCC(=O)N1Cc1cccc2cccnc12. The number of rotatable bonds is 2. The molecule has 0 radical (unpaired) electrons. The van der Waals surface area contributed by atoms with Crippen molar-refractivity contribution in [3.63, 3.8) is 0 Å². The monoisotopic (exact) mass is 283 g/mol. The average molecular weight is 283 g/mol. The summed E-state index contributed by atoms with van der Waals surface area (Å²) in [6.07, 6.45) is 1.74. The average Bonchev–Trinajstić information content (AvgIpc) is 2.48. The van der Waals surface area contributed by atoms with Gasteiger partial charge in [-0.3, -0.25) is 14.6 Å². The minimum atomic E-state index is -0.855. The van der Waals surface area contributed by atoms with Crippen molar-refractivity contribution in [1.29, 1.82) is 0 Å².